The second-order valence-corrected chi connectivity index (χ2v) is 7.43. The Kier molecular flexibility index (Phi) is 5.91. The lowest BCUT2D eigenvalue weighted by Gasteiger charge is -2.16. The highest BCUT2D eigenvalue weighted by atomic mass is 32.2. The van der Waals surface area contributed by atoms with Crippen molar-refractivity contribution in [2.75, 3.05) is 5.32 Å². The third kappa shape index (κ3) is 4.36. The van der Waals surface area contributed by atoms with Crippen LogP contribution in [0.2, 0.25) is 0 Å². The van der Waals surface area contributed by atoms with E-state index >= 15 is 0 Å². The number of benzene rings is 2. The van der Waals surface area contributed by atoms with Gasteiger partial charge < -0.3 is 5.32 Å². The molecule has 0 aliphatic carbocycles. The molecule has 0 radical (unpaired) electrons. The number of rotatable bonds is 6. The average molecular weight is 385 g/mol. The second-order valence-electron chi connectivity index (χ2n) is 6.12. The van der Waals surface area contributed by atoms with E-state index in [1.807, 2.05) is 19.1 Å². The first-order valence-corrected chi connectivity index (χ1v) is 9.60. The molecule has 27 heavy (non-hydrogen) atoms. The fourth-order valence-corrected chi connectivity index (χ4v) is 3.58. The zero-order valence-corrected chi connectivity index (χ0v) is 15.9. The molecule has 1 aromatic heterocycles. The van der Waals surface area contributed by atoms with Gasteiger partial charge in [0.2, 0.25) is 5.91 Å². The van der Waals surface area contributed by atoms with Gasteiger partial charge >= 0.3 is 0 Å². The Morgan fingerprint density at radius 3 is 2.63 bits per heavy atom. The third-order valence-corrected chi connectivity index (χ3v) is 5.13. The van der Waals surface area contributed by atoms with E-state index in [2.05, 4.69) is 10.3 Å². The Morgan fingerprint density at radius 1 is 1.22 bits per heavy atom. The summed E-state index contributed by atoms with van der Waals surface area (Å²) in [6.07, 6.45) is 0.781. The molecule has 0 unspecified atom stereocenters. The Bertz CT molecular complexity index is 1020. The highest BCUT2D eigenvalue weighted by Gasteiger charge is 2.19. The summed E-state index contributed by atoms with van der Waals surface area (Å²) < 4.78 is 14.6. The molecule has 140 valence electrons. The lowest BCUT2D eigenvalue weighted by atomic mass is 10.2. The van der Waals surface area contributed by atoms with Crippen LogP contribution in [0.4, 0.5) is 10.1 Å². The lowest BCUT2D eigenvalue weighted by Crippen LogP contribution is -2.27. The van der Waals surface area contributed by atoms with Crippen LogP contribution in [0.3, 0.4) is 0 Å². The predicted molar refractivity (Wildman–Crippen MR) is 107 cm³/mol. The molecule has 1 atom stereocenters. The zero-order valence-electron chi connectivity index (χ0n) is 15.1. The van der Waals surface area contributed by atoms with E-state index in [-0.39, 0.29) is 17.3 Å². The molecular weight excluding hydrogens is 365 g/mol. The van der Waals surface area contributed by atoms with Gasteiger partial charge in [0.05, 0.1) is 16.2 Å². The van der Waals surface area contributed by atoms with Crippen LogP contribution in [0, 0.1) is 5.82 Å². The number of hydrogen-bond acceptors (Lipinski definition) is 4. The van der Waals surface area contributed by atoms with Gasteiger partial charge in [0.1, 0.15) is 5.82 Å². The molecule has 0 bridgehead atoms. The molecule has 0 spiro atoms. The Morgan fingerprint density at radius 2 is 1.93 bits per heavy atom. The summed E-state index contributed by atoms with van der Waals surface area (Å²) in [6, 6.07) is 12.8. The van der Waals surface area contributed by atoms with Crippen LogP contribution < -0.4 is 10.9 Å². The van der Waals surface area contributed by atoms with Crippen molar-refractivity contribution in [2.24, 2.45) is 0 Å². The number of thioether (sulfide) groups is 1. The van der Waals surface area contributed by atoms with E-state index in [0.29, 0.717) is 28.3 Å². The Hall–Kier alpha value is -2.67. The maximum Gasteiger partial charge on any atom is 0.262 e. The molecule has 0 aliphatic rings. The number of hydrogen-bond donors (Lipinski definition) is 1. The van der Waals surface area contributed by atoms with Gasteiger partial charge in [0.25, 0.3) is 5.56 Å². The highest BCUT2D eigenvalue weighted by Crippen LogP contribution is 2.24. The van der Waals surface area contributed by atoms with E-state index in [9.17, 15) is 14.0 Å². The number of para-hydroxylation sites is 1. The quantitative estimate of drug-likeness (QED) is 0.513. The number of fused-ring (bicyclic) bond motifs is 1. The molecular formula is C20H20FN3O2S. The van der Waals surface area contributed by atoms with Crippen molar-refractivity contribution in [3.63, 3.8) is 0 Å². The maximum absolute atomic E-state index is 13.0. The van der Waals surface area contributed by atoms with Crippen molar-refractivity contribution in [1.82, 2.24) is 9.55 Å². The predicted octanol–water partition coefficient (Wildman–Crippen LogP) is 4.06. The topological polar surface area (TPSA) is 64.0 Å². The van der Waals surface area contributed by atoms with Crippen LogP contribution in [-0.4, -0.2) is 20.7 Å². The van der Waals surface area contributed by atoms with Crippen LogP contribution in [0.15, 0.2) is 58.5 Å². The minimum Gasteiger partial charge on any atom is -0.325 e. The number of aromatic nitrogens is 2. The van der Waals surface area contributed by atoms with Crippen molar-refractivity contribution in [1.29, 1.82) is 0 Å². The molecule has 0 fully saturated rings. The van der Waals surface area contributed by atoms with E-state index in [1.165, 1.54) is 36.0 Å². The van der Waals surface area contributed by atoms with Gasteiger partial charge in [-0.25, -0.2) is 9.37 Å². The molecule has 0 saturated carbocycles. The summed E-state index contributed by atoms with van der Waals surface area (Å²) in [5.74, 6) is -0.601. The Balaban J connectivity index is 1.85. The number of nitrogens with one attached hydrogen (secondary N) is 1. The number of carbonyl (C=O) groups excluding carboxylic acids is 1. The van der Waals surface area contributed by atoms with Crippen LogP contribution >= 0.6 is 11.8 Å². The van der Waals surface area contributed by atoms with Crippen molar-refractivity contribution >= 4 is 34.3 Å². The summed E-state index contributed by atoms with van der Waals surface area (Å²) in [4.78, 5) is 29.9. The third-order valence-electron chi connectivity index (χ3n) is 4.04. The summed E-state index contributed by atoms with van der Waals surface area (Å²) in [5, 5.41) is 3.35. The Labute approximate surface area is 160 Å². The molecule has 5 nitrogen and oxygen atoms in total. The second kappa shape index (κ2) is 8.35. The number of amides is 1. The van der Waals surface area contributed by atoms with Crippen molar-refractivity contribution in [2.45, 2.75) is 37.2 Å². The molecule has 1 heterocycles. The van der Waals surface area contributed by atoms with Gasteiger partial charge in [-0.1, -0.05) is 30.8 Å². The molecule has 2 aromatic carbocycles. The minimum atomic E-state index is -0.480. The molecule has 7 heteroatoms. The number of nitrogens with zero attached hydrogens (tertiary/aromatic N) is 2. The molecule has 1 N–H and O–H groups in total. The van der Waals surface area contributed by atoms with E-state index in [4.69, 9.17) is 0 Å². The van der Waals surface area contributed by atoms with Crippen molar-refractivity contribution < 1.29 is 9.18 Å². The van der Waals surface area contributed by atoms with Gasteiger partial charge in [-0.2, -0.15) is 0 Å². The smallest absolute Gasteiger partial charge is 0.262 e. The average Bonchev–Trinajstić information content (AvgIpc) is 2.66. The van der Waals surface area contributed by atoms with E-state index in [0.717, 1.165) is 6.42 Å². The van der Waals surface area contributed by atoms with Gasteiger partial charge in [-0.05, 0) is 49.7 Å². The van der Waals surface area contributed by atoms with Crippen LogP contribution in [0.5, 0.6) is 0 Å². The summed E-state index contributed by atoms with van der Waals surface area (Å²) >= 11 is 1.24. The zero-order chi connectivity index (χ0) is 19.4. The molecule has 3 rings (SSSR count). The van der Waals surface area contributed by atoms with Crippen molar-refractivity contribution in [3.8, 4) is 0 Å². The van der Waals surface area contributed by atoms with E-state index < -0.39 is 5.25 Å². The summed E-state index contributed by atoms with van der Waals surface area (Å²) in [5.41, 5.74) is 1.03. The fourth-order valence-electron chi connectivity index (χ4n) is 2.65. The molecule has 3 aromatic rings. The molecule has 1 amide bonds. The fraction of sp³-hybridized carbons (Fsp3) is 0.250. The van der Waals surface area contributed by atoms with E-state index in [1.54, 1.807) is 23.6 Å². The first-order valence-electron chi connectivity index (χ1n) is 8.72. The number of anilines is 1. The molecule has 0 saturated heterocycles. The van der Waals surface area contributed by atoms with Crippen LogP contribution in [0.25, 0.3) is 10.9 Å². The molecule has 0 aliphatic heterocycles. The first kappa shape index (κ1) is 19.1. The van der Waals surface area contributed by atoms with Crippen molar-refractivity contribution in [3.05, 3.63) is 64.7 Å². The lowest BCUT2D eigenvalue weighted by molar-refractivity contribution is -0.115. The number of carbonyl (C=O) groups is 1. The summed E-state index contributed by atoms with van der Waals surface area (Å²) in [6.45, 7) is 4.27. The van der Waals surface area contributed by atoms with Crippen LogP contribution in [0.1, 0.15) is 20.3 Å². The maximum atomic E-state index is 13.0. The van der Waals surface area contributed by atoms with Gasteiger partial charge in [-0.3, -0.25) is 14.2 Å². The van der Waals surface area contributed by atoms with Crippen LogP contribution in [-0.2, 0) is 11.3 Å². The standard InChI is InChI=1S/C20H20FN3O2S/c1-3-12-24-19(26)16-6-4-5-7-17(16)23-20(24)27-13(2)18(25)22-15-10-8-14(21)9-11-15/h4-11,13H,3,12H2,1-2H3,(H,22,25)/t13-/m0/s1. The van der Waals surface area contributed by atoms with Gasteiger partial charge in [-0.15, -0.1) is 0 Å². The SMILES string of the molecule is CCCn1c(S[C@@H](C)C(=O)Nc2ccc(F)cc2)nc2ccccc2c1=O. The first-order chi connectivity index (χ1) is 13.0. The van der Waals surface area contributed by atoms with Gasteiger partial charge in [0.15, 0.2) is 5.16 Å². The normalized spacial score (nSPS) is 12.1. The van der Waals surface area contributed by atoms with Gasteiger partial charge in [0, 0.05) is 12.2 Å². The monoisotopic (exact) mass is 385 g/mol. The highest BCUT2D eigenvalue weighted by molar-refractivity contribution is 8.00. The summed E-state index contributed by atoms with van der Waals surface area (Å²) in [7, 11) is 0. The number of halogens is 1. The largest absolute Gasteiger partial charge is 0.325 e. The minimum absolute atomic E-state index is 0.101.